The average Bonchev–Trinajstić information content (AvgIpc) is 3.04. The van der Waals surface area contributed by atoms with Crippen LogP contribution in [0.2, 0.25) is 0 Å². The lowest BCUT2D eigenvalue weighted by Gasteiger charge is -2.02. The highest BCUT2D eigenvalue weighted by Gasteiger charge is 2.11. The minimum absolute atomic E-state index is 0.187. The zero-order chi connectivity index (χ0) is 13.7. The summed E-state index contributed by atoms with van der Waals surface area (Å²) in [5.74, 6) is -1.22. The molecule has 0 saturated carbocycles. The number of thiophene rings is 2. The molecular formula is C13H11NO3S2. The third-order valence-electron chi connectivity index (χ3n) is 2.31. The van der Waals surface area contributed by atoms with Gasteiger partial charge in [0.15, 0.2) is 0 Å². The van der Waals surface area contributed by atoms with Crippen LogP contribution in [0.1, 0.15) is 20.1 Å². The Hall–Kier alpha value is -1.92. The quantitative estimate of drug-likeness (QED) is 0.833. The third-order valence-corrected chi connectivity index (χ3v) is 4.12. The molecule has 0 bridgehead atoms. The van der Waals surface area contributed by atoms with E-state index in [0.717, 1.165) is 11.0 Å². The van der Waals surface area contributed by atoms with Crippen LogP contribution in [0.3, 0.4) is 0 Å². The van der Waals surface area contributed by atoms with Crippen molar-refractivity contribution in [1.82, 2.24) is 5.32 Å². The van der Waals surface area contributed by atoms with Crippen LogP contribution in [0.5, 0.6) is 0 Å². The molecule has 19 heavy (non-hydrogen) atoms. The van der Waals surface area contributed by atoms with Gasteiger partial charge in [-0.1, -0.05) is 6.07 Å². The molecule has 1 amide bonds. The topological polar surface area (TPSA) is 66.4 Å². The van der Waals surface area contributed by atoms with Gasteiger partial charge in [0.2, 0.25) is 0 Å². The van der Waals surface area contributed by atoms with Gasteiger partial charge in [0.1, 0.15) is 0 Å². The van der Waals surface area contributed by atoms with Gasteiger partial charge < -0.3 is 10.4 Å². The molecule has 0 aliphatic heterocycles. The minimum Gasteiger partial charge on any atom is -0.478 e. The summed E-state index contributed by atoms with van der Waals surface area (Å²) in [4.78, 5) is 24.1. The summed E-state index contributed by atoms with van der Waals surface area (Å²) in [5, 5.41) is 15.1. The molecule has 2 aromatic rings. The molecule has 0 aliphatic carbocycles. The number of amides is 1. The second-order valence-corrected chi connectivity index (χ2v) is 5.59. The maximum absolute atomic E-state index is 12.0. The van der Waals surface area contributed by atoms with Crippen molar-refractivity contribution < 1.29 is 14.7 Å². The first-order valence-electron chi connectivity index (χ1n) is 5.46. The van der Waals surface area contributed by atoms with E-state index in [4.69, 9.17) is 5.11 Å². The molecular weight excluding hydrogens is 282 g/mol. The number of carbonyl (C=O) groups excluding carboxylic acids is 1. The molecule has 0 aromatic carbocycles. The highest BCUT2D eigenvalue weighted by Crippen LogP contribution is 2.18. The molecule has 0 atom stereocenters. The molecule has 0 radical (unpaired) electrons. The summed E-state index contributed by atoms with van der Waals surface area (Å²) in [6.45, 7) is 0.483. The van der Waals surface area contributed by atoms with E-state index < -0.39 is 5.97 Å². The Bertz CT molecular complexity index is 599. The smallest absolute Gasteiger partial charge is 0.328 e. The summed E-state index contributed by atoms with van der Waals surface area (Å²) in [7, 11) is 0. The molecule has 0 saturated heterocycles. The Balaban J connectivity index is 2.03. The van der Waals surface area contributed by atoms with Crippen molar-refractivity contribution in [1.29, 1.82) is 0 Å². The van der Waals surface area contributed by atoms with E-state index in [0.29, 0.717) is 17.0 Å². The van der Waals surface area contributed by atoms with Crippen LogP contribution in [0.4, 0.5) is 0 Å². The van der Waals surface area contributed by atoms with Gasteiger partial charge in [-0.15, -0.1) is 22.7 Å². The van der Waals surface area contributed by atoms with Gasteiger partial charge in [0.25, 0.3) is 5.91 Å². The molecule has 2 aromatic heterocycles. The number of aliphatic carboxylic acids is 1. The fourth-order valence-electron chi connectivity index (χ4n) is 1.46. The predicted molar refractivity (Wildman–Crippen MR) is 76.5 cm³/mol. The number of hydrogen-bond acceptors (Lipinski definition) is 4. The number of nitrogens with one attached hydrogen (secondary N) is 1. The van der Waals surface area contributed by atoms with Gasteiger partial charge in [-0.3, -0.25) is 4.79 Å². The van der Waals surface area contributed by atoms with E-state index in [1.807, 2.05) is 17.5 Å². The third kappa shape index (κ3) is 3.77. The van der Waals surface area contributed by atoms with Crippen LogP contribution in [0, 0.1) is 0 Å². The van der Waals surface area contributed by atoms with E-state index in [9.17, 15) is 9.59 Å². The second-order valence-electron chi connectivity index (χ2n) is 3.64. The van der Waals surface area contributed by atoms with Crippen molar-refractivity contribution in [3.8, 4) is 0 Å². The molecule has 98 valence electrons. The Morgan fingerprint density at radius 3 is 2.79 bits per heavy atom. The number of carboxylic acids is 1. The van der Waals surface area contributed by atoms with Gasteiger partial charge in [-0.2, -0.15) is 0 Å². The molecule has 0 fully saturated rings. The molecule has 2 N–H and O–H groups in total. The predicted octanol–water partition coefficient (Wildman–Crippen LogP) is 2.84. The lowest BCUT2D eigenvalue weighted by atomic mass is 10.2. The summed E-state index contributed by atoms with van der Waals surface area (Å²) in [6.07, 6.45) is 2.46. The van der Waals surface area contributed by atoms with Crippen molar-refractivity contribution in [2.75, 3.05) is 0 Å². The van der Waals surface area contributed by atoms with E-state index in [1.54, 1.807) is 22.8 Å². The van der Waals surface area contributed by atoms with Crippen LogP contribution in [0.25, 0.3) is 6.08 Å². The summed E-state index contributed by atoms with van der Waals surface area (Å²) < 4.78 is 0. The van der Waals surface area contributed by atoms with Crippen LogP contribution in [-0.2, 0) is 11.3 Å². The first-order valence-corrected chi connectivity index (χ1v) is 7.22. The first kappa shape index (κ1) is 13.5. The van der Waals surface area contributed by atoms with Crippen molar-refractivity contribution in [2.24, 2.45) is 0 Å². The number of rotatable bonds is 5. The summed E-state index contributed by atoms with van der Waals surface area (Å²) >= 11 is 2.87. The highest BCUT2D eigenvalue weighted by atomic mass is 32.1. The lowest BCUT2D eigenvalue weighted by Crippen LogP contribution is -2.21. The lowest BCUT2D eigenvalue weighted by molar-refractivity contribution is -0.131. The standard InChI is InChI=1S/C13H11NO3S2/c15-11(16)4-3-9-5-7-19-12(9)13(17)14-8-10-2-1-6-18-10/h1-7H,8H2,(H,14,17)(H,15,16). The average molecular weight is 293 g/mol. The Morgan fingerprint density at radius 1 is 1.26 bits per heavy atom. The highest BCUT2D eigenvalue weighted by molar-refractivity contribution is 7.12. The van der Waals surface area contributed by atoms with Crippen molar-refractivity contribution in [3.63, 3.8) is 0 Å². The number of hydrogen-bond donors (Lipinski definition) is 2. The largest absolute Gasteiger partial charge is 0.478 e. The normalized spacial score (nSPS) is 10.7. The van der Waals surface area contributed by atoms with Crippen LogP contribution >= 0.6 is 22.7 Å². The van der Waals surface area contributed by atoms with Crippen molar-refractivity contribution in [2.45, 2.75) is 6.54 Å². The second kappa shape index (κ2) is 6.31. The van der Waals surface area contributed by atoms with E-state index >= 15 is 0 Å². The summed E-state index contributed by atoms with van der Waals surface area (Å²) in [6, 6.07) is 5.60. The maximum Gasteiger partial charge on any atom is 0.328 e. The Morgan fingerprint density at radius 2 is 2.11 bits per heavy atom. The number of carboxylic acid groups (broad SMARTS) is 1. The zero-order valence-corrected chi connectivity index (χ0v) is 11.5. The van der Waals surface area contributed by atoms with Crippen molar-refractivity contribution >= 4 is 40.6 Å². The van der Waals surface area contributed by atoms with E-state index in [1.165, 1.54) is 17.4 Å². The van der Waals surface area contributed by atoms with Gasteiger partial charge in [-0.05, 0) is 34.5 Å². The monoisotopic (exact) mass is 293 g/mol. The fraction of sp³-hybridized carbons (Fsp3) is 0.0769. The SMILES string of the molecule is O=C(O)C=Cc1ccsc1C(=O)NCc1cccs1. The van der Waals surface area contributed by atoms with Crippen LogP contribution < -0.4 is 5.32 Å². The molecule has 6 heteroatoms. The minimum atomic E-state index is -1.03. The molecule has 4 nitrogen and oxygen atoms in total. The zero-order valence-electron chi connectivity index (χ0n) is 9.83. The Labute approximate surface area is 118 Å². The Kier molecular flexibility index (Phi) is 4.48. The molecule has 0 unspecified atom stereocenters. The van der Waals surface area contributed by atoms with E-state index in [2.05, 4.69) is 5.32 Å². The molecule has 2 rings (SSSR count). The molecule has 0 spiro atoms. The molecule has 0 aliphatic rings. The van der Waals surface area contributed by atoms with Gasteiger partial charge in [0, 0.05) is 11.0 Å². The first-order chi connectivity index (χ1) is 9.16. The van der Waals surface area contributed by atoms with E-state index in [-0.39, 0.29) is 5.91 Å². The fourth-order valence-corrected chi connectivity index (χ4v) is 2.90. The van der Waals surface area contributed by atoms with Gasteiger partial charge in [0.05, 0.1) is 11.4 Å². The maximum atomic E-state index is 12.0. The molecule has 2 heterocycles. The van der Waals surface area contributed by atoms with Gasteiger partial charge in [-0.25, -0.2) is 4.79 Å². The van der Waals surface area contributed by atoms with Crippen LogP contribution in [-0.4, -0.2) is 17.0 Å². The van der Waals surface area contributed by atoms with Gasteiger partial charge >= 0.3 is 5.97 Å². The van der Waals surface area contributed by atoms with Crippen molar-refractivity contribution in [3.05, 3.63) is 50.4 Å². The number of carbonyl (C=O) groups is 2. The summed E-state index contributed by atoms with van der Waals surface area (Å²) in [5.41, 5.74) is 0.621. The van der Waals surface area contributed by atoms with Crippen LogP contribution in [0.15, 0.2) is 35.0 Å².